The summed E-state index contributed by atoms with van der Waals surface area (Å²) in [6, 6.07) is 1.44. The molecule has 0 spiro atoms. The largest absolute Gasteiger partial charge is 0.502 e. The number of phenolic OH excluding ortho intramolecular Hbond substituents is 1. The van der Waals surface area contributed by atoms with Gasteiger partial charge in [0.15, 0.2) is 0 Å². The number of non-ortho nitro benzene ring substituents is 1. The standard InChI is InChI=1S/C16H14N4O8S/c21-13(17-3-1-2-4-17)8-18-15(23)12(29-16(18)24)6-9-5-10(19(25)26)7-11(14(9)22)20(27)28/h5-7,22H,1-4,8H2/b12-6-. The molecule has 2 heterocycles. The zero-order valence-electron chi connectivity index (χ0n) is 14.8. The third-order valence-electron chi connectivity index (χ3n) is 4.42. The lowest BCUT2D eigenvalue weighted by atomic mass is 10.1. The quantitative estimate of drug-likeness (QED) is 0.423. The molecule has 1 N–H and O–H groups in total. The first-order chi connectivity index (χ1) is 13.7. The number of likely N-dealkylation sites (tertiary alicyclic amines) is 1. The minimum Gasteiger partial charge on any atom is -0.502 e. The van der Waals surface area contributed by atoms with Crippen molar-refractivity contribution in [2.75, 3.05) is 19.6 Å². The van der Waals surface area contributed by atoms with Crippen LogP contribution < -0.4 is 0 Å². The van der Waals surface area contributed by atoms with Crippen molar-refractivity contribution in [1.82, 2.24) is 9.80 Å². The molecule has 152 valence electrons. The van der Waals surface area contributed by atoms with Crippen LogP contribution in [-0.4, -0.2) is 61.4 Å². The number of hydrogen-bond donors (Lipinski definition) is 1. The second-order valence-corrected chi connectivity index (χ2v) is 7.27. The lowest BCUT2D eigenvalue weighted by Crippen LogP contribution is -2.40. The molecule has 0 unspecified atom stereocenters. The molecule has 2 saturated heterocycles. The summed E-state index contributed by atoms with van der Waals surface area (Å²) < 4.78 is 0. The van der Waals surface area contributed by atoms with Crippen molar-refractivity contribution in [1.29, 1.82) is 0 Å². The van der Waals surface area contributed by atoms with Crippen LogP contribution in [0.1, 0.15) is 18.4 Å². The summed E-state index contributed by atoms with van der Waals surface area (Å²) in [5.41, 5.74) is -1.93. The average molecular weight is 422 g/mol. The van der Waals surface area contributed by atoms with Gasteiger partial charge in [0.1, 0.15) is 6.54 Å². The normalized spacial score (nSPS) is 18.0. The zero-order chi connectivity index (χ0) is 21.3. The van der Waals surface area contributed by atoms with Crippen LogP contribution >= 0.6 is 11.8 Å². The molecule has 0 bridgehead atoms. The third-order valence-corrected chi connectivity index (χ3v) is 5.33. The lowest BCUT2D eigenvalue weighted by Gasteiger charge is -2.18. The van der Waals surface area contributed by atoms with Crippen LogP contribution in [0.2, 0.25) is 0 Å². The maximum absolute atomic E-state index is 12.5. The van der Waals surface area contributed by atoms with E-state index < -0.39 is 44.7 Å². The minimum atomic E-state index is -1.000. The van der Waals surface area contributed by atoms with Crippen molar-refractivity contribution in [3.05, 3.63) is 42.8 Å². The summed E-state index contributed by atoms with van der Waals surface area (Å²) in [6.45, 7) is 0.662. The third kappa shape index (κ3) is 4.03. The van der Waals surface area contributed by atoms with Gasteiger partial charge in [-0.2, -0.15) is 0 Å². The molecule has 0 atom stereocenters. The summed E-state index contributed by atoms with van der Waals surface area (Å²) >= 11 is 0.475. The van der Waals surface area contributed by atoms with Crippen molar-refractivity contribution in [2.45, 2.75) is 12.8 Å². The van der Waals surface area contributed by atoms with E-state index in [4.69, 9.17) is 0 Å². The van der Waals surface area contributed by atoms with Crippen LogP contribution in [-0.2, 0) is 9.59 Å². The maximum Gasteiger partial charge on any atom is 0.318 e. The molecule has 2 aliphatic heterocycles. The Morgan fingerprint density at radius 1 is 1.17 bits per heavy atom. The van der Waals surface area contributed by atoms with E-state index in [1.807, 2.05) is 0 Å². The number of hydrogen-bond acceptors (Lipinski definition) is 9. The van der Waals surface area contributed by atoms with Crippen molar-refractivity contribution in [2.24, 2.45) is 0 Å². The fourth-order valence-corrected chi connectivity index (χ4v) is 3.79. The van der Waals surface area contributed by atoms with E-state index in [9.17, 15) is 39.7 Å². The molecular weight excluding hydrogens is 408 g/mol. The Labute approximate surface area is 167 Å². The molecule has 2 fully saturated rings. The van der Waals surface area contributed by atoms with E-state index in [0.29, 0.717) is 30.9 Å². The first kappa shape index (κ1) is 20.3. The van der Waals surface area contributed by atoms with Crippen LogP contribution in [0.25, 0.3) is 6.08 Å². The van der Waals surface area contributed by atoms with E-state index in [-0.39, 0.29) is 16.4 Å². The van der Waals surface area contributed by atoms with Crippen molar-refractivity contribution in [3.8, 4) is 5.75 Å². The summed E-state index contributed by atoms with van der Waals surface area (Å²) in [5.74, 6) is -2.07. The maximum atomic E-state index is 12.5. The fourth-order valence-electron chi connectivity index (χ4n) is 2.96. The number of carbonyl (C=O) groups excluding carboxylic acids is 3. The molecule has 0 aromatic heterocycles. The molecule has 0 radical (unpaired) electrons. The van der Waals surface area contributed by atoms with E-state index in [0.717, 1.165) is 29.9 Å². The number of rotatable bonds is 5. The minimum absolute atomic E-state index is 0.214. The Hall–Kier alpha value is -3.48. The molecule has 1 aromatic rings. The number of nitro groups is 2. The number of nitro benzene ring substituents is 2. The smallest absolute Gasteiger partial charge is 0.318 e. The number of thioether (sulfide) groups is 1. The van der Waals surface area contributed by atoms with E-state index >= 15 is 0 Å². The second kappa shape index (κ2) is 7.87. The summed E-state index contributed by atoms with van der Waals surface area (Å²) in [6.07, 6.45) is 2.65. The number of imide groups is 1. The van der Waals surface area contributed by atoms with Gasteiger partial charge in [0, 0.05) is 24.7 Å². The van der Waals surface area contributed by atoms with Crippen molar-refractivity contribution >= 4 is 46.3 Å². The van der Waals surface area contributed by atoms with Gasteiger partial charge < -0.3 is 10.0 Å². The highest BCUT2D eigenvalue weighted by Crippen LogP contribution is 2.39. The number of amides is 3. The Bertz CT molecular complexity index is 970. The molecule has 2 aliphatic rings. The van der Waals surface area contributed by atoms with Gasteiger partial charge >= 0.3 is 5.69 Å². The number of carbonyl (C=O) groups is 3. The Morgan fingerprint density at radius 2 is 1.83 bits per heavy atom. The molecule has 12 nitrogen and oxygen atoms in total. The highest BCUT2D eigenvalue weighted by atomic mass is 32.2. The molecule has 3 amide bonds. The van der Waals surface area contributed by atoms with Crippen molar-refractivity contribution in [3.63, 3.8) is 0 Å². The van der Waals surface area contributed by atoms with Gasteiger partial charge in [0.05, 0.1) is 20.8 Å². The first-order valence-electron chi connectivity index (χ1n) is 8.38. The zero-order valence-corrected chi connectivity index (χ0v) is 15.6. The summed E-state index contributed by atoms with van der Waals surface area (Å²) in [7, 11) is 0. The highest BCUT2D eigenvalue weighted by Gasteiger charge is 2.38. The first-order valence-corrected chi connectivity index (χ1v) is 9.19. The predicted octanol–water partition coefficient (Wildman–Crippen LogP) is 1.87. The molecule has 13 heteroatoms. The number of benzene rings is 1. The number of nitrogens with zero attached hydrogens (tertiary/aromatic N) is 4. The molecule has 29 heavy (non-hydrogen) atoms. The number of phenols is 1. The van der Waals surface area contributed by atoms with Crippen molar-refractivity contribution < 1.29 is 29.3 Å². The van der Waals surface area contributed by atoms with Crippen LogP contribution in [0, 0.1) is 20.2 Å². The summed E-state index contributed by atoms with van der Waals surface area (Å²) in [5, 5.41) is 31.4. The van der Waals surface area contributed by atoms with Gasteiger partial charge in [-0.15, -0.1) is 0 Å². The molecule has 0 saturated carbocycles. The van der Waals surface area contributed by atoms with Gasteiger partial charge in [-0.05, 0) is 30.7 Å². The van der Waals surface area contributed by atoms with Crippen LogP contribution in [0.5, 0.6) is 5.75 Å². The topological polar surface area (TPSA) is 164 Å². The van der Waals surface area contributed by atoms with Gasteiger partial charge in [-0.3, -0.25) is 39.5 Å². The Kier molecular flexibility index (Phi) is 5.50. The van der Waals surface area contributed by atoms with E-state index in [1.54, 1.807) is 4.90 Å². The van der Waals surface area contributed by atoms with Gasteiger partial charge in [-0.1, -0.05) is 0 Å². The Balaban J connectivity index is 1.90. The molecule has 0 aliphatic carbocycles. The molecular formula is C16H14N4O8S. The predicted molar refractivity (Wildman–Crippen MR) is 99.9 cm³/mol. The summed E-state index contributed by atoms with van der Waals surface area (Å²) in [4.78, 5) is 59.1. The SMILES string of the molecule is O=C(CN1C(=O)S/C(=C\c2cc([N+](=O)[O-])cc([N+](=O)[O-])c2O)C1=O)N1CCCC1. The van der Waals surface area contributed by atoms with Crippen LogP contribution in [0.3, 0.4) is 0 Å². The Morgan fingerprint density at radius 3 is 2.41 bits per heavy atom. The second-order valence-electron chi connectivity index (χ2n) is 6.27. The van der Waals surface area contributed by atoms with Crippen LogP contribution in [0.15, 0.2) is 17.0 Å². The van der Waals surface area contributed by atoms with E-state index in [2.05, 4.69) is 0 Å². The van der Waals surface area contributed by atoms with Crippen LogP contribution in [0.4, 0.5) is 16.2 Å². The molecule has 3 rings (SSSR count). The van der Waals surface area contributed by atoms with Gasteiger partial charge in [-0.25, -0.2) is 0 Å². The number of aromatic hydroxyl groups is 1. The molecule has 1 aromatic carbocycles. The average Bonchev–Trinajstić information content (AvgIpc) is 3.28. The van der Waals surface area contributed by atoms with Gasteiger partial charge in [0.25, 0.3) is 16.8 Å². The highest BCUT2D eigenvalue weighted by molar-refractivity contribution is 8.18. The monoisotopic (exact) mass is 422 g/mol. The van der Waals surface area contributed by atoms with Gasteiger partial charge in [0.2, 0.25) is 11.7 Å². The fraction of sp³-hybridized carbons (Fsp3) is 0.312. The lowest BCUT2D eigenvalue weighted by molar-refractivity contribution is -0.394. The van der Waals surface area contributed by atoms with E-state index in [1.165, 1.54) is 0 Å².